The first-order chi connectivity index (χ1) is 22.7. The molecule has 0 bridgehead atoms. The molecule has 6 atom stereocenters. The molecule has 48 heavy (non-hydrogen) atoms. The summed E-state index contributed by atoms with van der Waals surface area (Å²) >= 11 is 3.21. The van der Waals surface area contributed by atoms with Crippen LogP contribution in [0.2, 0.25) is 0 Å². The molecule has 10 nitrogen and oxygen atoms in total. The van der Waals surface area contributed by atoms with Crippen LogP contribution in [-0.2, 0) is 38.3 Å². The van der Waals surface area contributed by atoms with Gasteiger partial charge in [0.2, 0.25) is 17.5 Å². The van der Waals surface area contributed by atoms with Crippen LogP contribution in [0.5, 0.6) is 0 Å². The maximum Gasteiger partial charge on any atom is 0.489 e. The highest BCUT2D eigenvalue weighted by atomic mass is 79.9. The van der Waals surface area contributed by atoms with Crippen molar-refractivity contribution in [1.82, 2.24) is 24.6 Å². The molecule has 252 valence electrons. The molecular formula is C34H33BrF3N5O5. The largest absolute Gasteiger partial charge is 0.489 e. The number of carbonyl (C=O) groups excluding carboxylic acids is 3. The quantitative estimate of drug-likeness (QED) is 0.425. The molecular weight excluding hydrogens is 695 g/mol. The molecule has 2 aromatic carbocycles. The third-order valence-corrected chi connectivity index (χ3v) is 11.4. The number of hydrogen-bond donors (Lipinski definition) is 2. The number of nitrogens with zero attached hydrogens (tertiary/aromatic N) is 4. The van der Waals surface area contributed by atoms with Gasteiger partial charge in [-0.15, -0.1) is 13.2 Å². The van der Waals surface area contributed by atoms with Gasteiger partial charge in [-0.2, -0.15) is 0 Å². The number of ether oxygens (including phenoxy) is 1. The molecule has 0 radical (unpaired) electrons. The number of alkyl halides is 3. The van der Waals surface area contributed by atoms with E-state index >= 15 is 0 Å². The van der Waals surface area contributed by atoms with Gasteiger partial charge >= 0.3 is 6.30 Å². The smallest absolute Gasteiger partial charge is 0.347 e. The fraction of sp³-hybridized carbons (Fsp3) is 0.441. The van der Waals surface area contributed by atoms with Crippen LogP contribution >= 0.6 is 15.9 Å². The predicted octanol–water partition coefficient (Wildman–Crippen LogP) is 3.70. The minimum absolute atomic E-state index is 0.0263. The summed E-state index contributed by atoms with van der Waals surface area (Å²) < 4.78 is 48.8. The third-order valence-electron chi connectivity index (χ3n) is 10.6. The molecule has 5 heterocycles. The topological polar surface area (TPSA) is 107 Å². The fourth-order valence-corrected chi connectivity index (χ4v) is 9.26. The highest BCUT2D eigenvalue weighted by Gasteiger charge is 2.70. The second-order valence-electron chi connectivity index (χ2n) is 13.5. The van der Waals surface area contributed by atoms with E-state index in [1.807, 2.05) is 42.3 Å². The zero-order valence-electron chi connectivity index (χ0n) is 26.1. The first-order valence-electron chi connectivity index (χ1n) is 16.0. The van der Waals surface area contributed by atoms with Crippen LogP contribution in [-0.4, -0.2) is 92.0 Å². The zero-order valence-corrected chi connectivity index (χ0v) is 27.7. The molecule has 3 aromatic rings. The number of likely N-dealkylation sites (N-methyl/N-ethyl adjacent to an activating group) is 1. The van der Waals surface area contributed by atoms with Crippen molar-refractivity contribution in [2.45, 2.75) is 68.7 Å². The lowest BCUT2D eigenvalue weighted by Gasteiger charge is -2.48. The Morgan fingerprint density at radius 2 is 1.90 bits per heavy atom. The number of carbonyl (C=O) groups is 3. The summed E-state index contributed by atoms with van der Waals surface area (Å²) in [5.74, 6) is -4.49. The van der Waals surface area contributed by atoms with Gasteiger partial charge in [-0.25, -0.2) is 4.57 Å². The van der Waals surface area contributed by atoms with Gasteiger partial charge in [0.15, 0.2) is 0 Å². The monoisotopic (exact) mass is 727 g/mol. The Morgan fingerprint density at radius 3 is 2.62 bits per heavy atom. The van der Waals surface area contributed by atoms with E-state index in [4.69, 9.17) is 4.74 Å². The van der Waals surface area contributed by atoms with Gasteiger partial charge in [0.25, 0.3) is 11.8 Å². The Kier molecular flexibility index (Phi) is 6.99. The third kappa shape index (κ3) is 4.45. The van der Waals surface area contributed by atoms with Gasteiger partial charge in [0.05, 0.1) is 16.0 Å². The second-order valence-corrected chi connectivity index (χ2v) is 14.3. The van der Waals surface area contributed by atoms with E-state index in [-0.39, 0.29) is 35.0 Å². The van der Waals surface area contributed by atoms with Gasteiger partial charge in [-0.05, 0) is 77.5 Å². The van der Waals surface area contributed by atoms with Gasteiger partial charge in [-0.3, -0.25) is 28.9 Å². The number of amides is 3. The Balaban J connectivity index is 1.12. The summed E-state index contributed by atoms with van der Waals surface area (Å²) in [5, 5.41) is 15.3. The van der Waals surface area contributed by atoms with Crippen molar-refractivity contribution in [3.05, 3.63) is 75.9 Å². The van der Waals surface area contributed by atoms with E-state index in [1.54, 1.807) is 23.1 Å². The van der Waals surface area contributed by atoms with Crippen LogP contribution in [0.25, 0.3) is 16.5 Å². The molecule has 1 aromatic heterocycles. The standard InChI is InChI=1S/C34H33BrF3N5O5/c1-32(31(46)43-25(14-18-8-4-3-5-9-18)30(45)41-13-7-12-26(41)33(43,47)48-32)39-29(44)19-15-21-20-10-6-11-23-27(20)22(16-24(21)40(2)17-19)28(35)42(23)34(36,37)38/h3-6,8-11,15,19,24-26,47H,7,12-14,16-17H2,1-2H3,(H,39,44)/t19-,24-,25+,26+,32-,33+/m1/s1. The van der Waals surface area contributed by atoms with E-state index in [9.17, 15) is 32.7 Å². The van der Waals surface area contributed by atoms with Crippen LogP contribution in [0.1, 0.15) is 36.5 Å². The number of nitrogens with one attached hydrogen (secondary N) is 1. The minimum Gasteiger partial charge on any atom is -0.347 e. The Labute approximate surface area is 282 Å². The number of aliphatic hydroxyl groups is 1. The molecule has 1 aliphatic carbocycles. The van der Waals surface area contributed by atoms with Gasteiger partial charge in [0, 0.05) is 30.9 Å². The average molecular weight is 729 g/mol. The molecule has 3 fully saturated rings. The Bertz CT molecular complexity index is 1920. The number of rotatable bonds is 4. The first-order valence-corrected chi connectivity index (χ1v) is 16.8. The van der Waals surface area contributed by atoms with Crippen molar-refractivity contribution in [3.8, 4) is 0 Å². The van der Waals surface area contributed by atoms with Crippen molar-refractivity contribution in [2.75, 3.05) is 20.1 Å². The van der Waals surface area contributed by atoms with Crippen molar-refractivity contribution in [2.24, 2.45) is 5.92 Å². The summed E-state index contributed by atoms with van der Waals surface area (Å²) in [6, 6.07) is 11.9. The summed E-state index contributed by atoms with van der Waals surface area (Å²) in [6.07, 6.45) is -1.34. The van der Waals surface area contributed by atoms with E-state index in [0.717, 1.165) is 16.0 Å². The highest BCUT2D eigenvalue weighted by molar-refractivity contribution is 9.10. The maximum absolute atomic E-state index is 14.2. The Morgan fingerprint density at radius 1 is 1.15 bits per heavy atom. The lowest BCUT2D eigenvalue weighted by Crippen LogP contribution is -2.71. The predicted molar refractivity (Wildman–Crippen MR) is 171 cm³/mol. The lowest BCUT2D eigenvalue weighted by molar-refractivity contribution is -0.315. The van der Waals surface area contributed by atoms with Crippen molar-refractivity contribution < 1.29 is 37.4 Å². The zero-order chi connectivity index (χ0) is 33.9. The van der Waals surface area contributed by atoms with E-state index in [2.05, 4.69) is 21.2 Å². The average Bonchev–Trinajstić information content (AvgIpc) is 3.70. The van der Waals surface area contributed by atoms with Gasteiger partial charge in [0.1, 0.15) is 12.1 Å². The normalized spacial score (nSPS) is 31.5. The minimum atomic E-state index is -4.63. The summed E-state index contributed by atoms with van der Waals surface area (Å²) in [6.45, 7) is 2.04. The van der Waals surface area contributed by atoms with E-state index < -0.39 is 47.8 Å². The number of hydrogen-bond acceptors (Lipinski definition) is 6. The van der Waals surface area contributed by atoms with Crippen LogP contribution < -0.4 is 5.32 Å². The van der Waals surface area contributed by atoms with Gasteiger partial charge in [-0.1, -0.05) is 48.5 Å². The molecule has 14 heteroatoms. The number of halogens is 4. The number of fused-ring (bicyclic) bond motifs is 5. The molecule has 2 N–H and O–H groups in total. The summed E-state index contributed by atoms with van der Waals surface area (Å²) in [7, 11) is 1.81. The van der Waals surface area contributed by atoms with E-state index in [0.29, 0.717) is 46.9 Å². The molecule has 0 saturated carbocycles. The molecule has 4 aliphatic heterocycles. The van der Waals surface area contributed by atoms with E-state index in [1.165, 1.54) is 13.0 Å². The second kappa shape index (κ2) is 10.6. The Hall–Kier alpha value is -3.72. The molecule has 3 saturated heterocycles. The number of aromatic nitrogens is 1. The SMILES string of the molecule is CN1C[C@H](C(=O)N[C@]2(C)O[C@@]3(O)[C@@H]4CCCN4C(=O)[C@H](Cc4ccccc4)N3C2=O)C=C2c3cccc4c3c(c(Br)n4C(F)(F)F)C[C@H]21. The van der Waals surface area contributed by atoms with Crippen molar-refractivity contribution >= 4 is 50.1 Å². The van der Waals surface area contributed by atoms with Crippen LogP contribution in [0.4, 0.5) is 13.2 Å². The van der Waals surface area contributed by atoms with Crippen LogP contribution in [0, 0.1) is 5.92 Å². The first kappa shape index (κ1) is 31.5. The molecule has 8 rings (SSSR count). The number of piperazine rings is 1. The maximum atomic E-state index is 14.2. The summed E-state index contributed by atoms with van der Waals surface area (Å²) in [5.41, 5.74) is 0.736. The van der Waals surface area contributed by atoms with Crippen molar-refractivity contribution in [1.29, 1.82) is 0 Å². The van der Waals surface area contributed by atoms with Crippen molar-refractivity contribution in [3.63, 3.8) is 0 Å². The molecule has 0 unspecified atom stereocenters. The fourth-order valence-electron chi connectivity index (χ4n) is 8.51. The highest BCUT2D eigenvalue weighted by Crippen LogP contribution is 2.48. The van der Waals surface area contributed by atoms with Gasteiger partial charge < -0.3 is 15.3 Å². The van der Waals surface area contributed by atoms with Crippen LogP contribution in [0.15, 0.2) is 59.2 Å². The summed E-state index contributed by atoms with van der Waals surface area (Å²) in [4.78, 5) is 46.6. The van der Waals surface area contributed by atoms with Crippen LogP contribution in [0.3, 0.4) is 0 Å². The number of benzene rings is 2. The molecule has 3 amide bonds. The molecule has 0 spiro atoms. The molecule has 5 aliphatic rings. The lowest BCUT2D eigenvalue weighted by atomic mass is 9.79.